The molecule has 1 aliphatic heterocycles. The second-order valence-electron chi connectivity index (χ2n) is 5.57. The van der Waals surface area contributed by atoms with Gasteiger partial charge < -0.3 is 10.5 Å². The van der Waals surface area contributed by atoms with Crippen molar-refractivity contribution in [1.82, 2.24) is 4.90 Å². The molecule has 1 saturated heterocycles. The SMILES string of the molecule is Cc1ccc(CN2CCOC3CCCC32)cc1N. The van der Waals surface area contributed by atoms with Crippen molar-refractivity contribution in [2.24, 2.45) is 0 Å². The summed E-state index contributed by atoms with van der Waals surface area (Å²) in [7, 11) is 0. The minimum absolute atomic E-state index is 0.474. The Morgan fingerprint density at radius 1 is 1.39 bits per heavy atom. The van der Waals surface area contributed by atoms with Crippen LogP contribution in [0.15, 0.2) is 18.2 Å². The predicted molar refractivity (Wildman–Crippen MR) is 73.4 cm³/mol. The molecule has 98 valence electrons. The second kappa shape index (κ2) is 4.90. The Kier molecular flexibility index (Phi) is 3.27. The number of nitrogen functional groups attached to an aromatic ring is 1. The van der Waals surface area contributed by atoms with E-state index < -0.39 is 0 Å². The average Bonchev–Trinajstić information content (AvgIpc) is 2.83. The molecular weight excluding hydrogens is 224 g/mol. The molecule has 1 aromatic rings. The second-order valence-corrected chi connectivity index (χ2v) is 5.57. The summed E-state index contributed by atoms with van der Waals surface area (Å²) in [6.45, 7) is 4.99. The van der Waals surface area contributed by atoms with E-state index in [-0.39, 0.29) is 0 Å². The van der Waals surface area contributed by atoms with Gasteiger partial charge in [-0.3, -0.25) is 4.90 Å². The maximum absolute atomic E-state index is 5.99. The van der Waals surface area contributed by atoms with E-state index in [9.17, 15) is 0 Å². The summed E-state index contributed by atoms with van der Waals surface area (Å²) in [6.07, 6.45) is 4.30. The number of fused-ring (bicyclic) bond motifs is 1. The van der Waals surface area contributed by atoms with Crippen LogP contribution in [-0.4, -0.2) is 30.2 Å². The van der Waals surface area contributed by atoms with E-state index in [4.69, 9.17) is 10.5 Å². The van der Waals surface area contributed by atoms with Crippen molar-refractivity contribution < 1.29 is 4.74 Å². The third-order valence-corrected chi connectivity index (χ3v) is 4.33. The topological polar surface area (TPSA) is 38.5 Å². The number of benzene rings is 1. The van der Waals surface area contributed by atoms with Crippen LogP contribution in [0.2, 0.25) is 0 Å². The number of rotatable bonds is 2. The molecule has 1 aromatic carbocycles. The lowest BCUT2D eigenvalue weighted by molar-refractivity contribution is -0.0588. The van der Waals surface area contributed by atoms with Gasteiger partial charge in [0.1, 0.15) is 0 Å². The van der Waals surface area contributed by atoms with Gasteiger partial charge >= 0.3 is 0 Å². The van der Waals surface area contributed by atoms with Crippen LogP contribution in [0.5, 0.6) is 0 Å². The third-order valence-electron chi connectivity index (χ3n) is 4.33. The van der Waals surface area contributed by atoms with Gasteiger partial charge in [0.25, 0.3) is 0 Å². The highest BCUT2D eigenvalue weighted by molar-refractivity contribution is 5.48. The number of hydrogen-bond donors (Lipinski definition) is 1. The van der Waals surface area contributed by atoms with Crippen molar-refractivity contribution in [3.63, 3.8) is 0 Å². The van der Waals surface area contributed by atoms with Crippen molar-refractivity contribution in [3.8, 4) is 0 Å². The molecule has 3 rings (SSSR count). The molecule has 1 aliphatic carbocycles. The molecule has 0 spiro atoms. The van der Waals surface area contributed by atoms with Gasteiger partial charge in [-0.25, -0.2) is 0 Å². The summed E-state index contributed by atoms with van der Waals surface area (Å²) in [5, 5.41) is 0. The van der Waals surface area contributed by atoms with Crippen LogP contribution in [0.4, 0.5) is 5.69 Å². The molecule has 0 aromatic heterocycles. The summed E-state index contributed by atoms with van der Waals surface area (Å²) in [5.74, 6) is 0. The van der Waals surface area contributed by atoms with Crippen LogP contribution in [0, 0.1) is 6.92 Å². The first-order valence-electron chi connectivity index (χ1n) is 6.95. The van der Waals surface area contributed by atoms with Gasteiger partial charge in [0.15, 0.2) is 0 Å². The largest absolute Gasteiger partial charge is 0.399 e. The van der Waals surface area contributed by atoms with E-state index in [1.165, 1.54) is 30.4 Å². The van der Waals surface area contributed by atoms with Gasteiger partial charge in [0.05, 0.1) is 12.7 Å². The minimum atomic E-state index is 0.474. The molecule has 2 atom stereocenters. The van der Waals surface area contributed by atoms with Crippen molar-refractivity contribution in [1.29, 1.82) is 0 Å². The average molecular weight is 246 g/mol. The Bertz CT molecular complexity index is 433. The number of ether oxygens (including phenoxy) is 1. The first-order chi connectivity index (χ1) is 8.74. The number of nitrogens with two attached hydrogens (primary N) is 1. The van der Waals surface area contributed by atoms with Gasteiger partial charge in [-0.05, 0) is 43.4 Å². The van der Waals surface area contributed by atoms with Crippen molar-refractivity contribution in [2.75, 3.05) is 18.9 Å². The zero-order valence-corrected chi connectivity index (χ0v) is 11.1. The zero-order chi connectivity index (χ0) is 12.5. The van der Waals surface area contributed by atoms with Gasteiger partial charge in [0, 0.05) is 24.8 Å². The lowest BCUT2D eigenvalue weighted by atomic mass is 10.1. The normalized spacial score (nSPS) is 28.3. The summed E-state index contributed by atoms with van der Waals surface area (Å²) >= 11 is 0. The first-order valence-corrected chi connectivity index (χ1v) is 6.95. The molecule has 0 radical (unpaired) electrons. The maximum Gasteiger partial charge on any atom is 0.0731 e. The predicted octanol–water partition coefficient (Wildman–Crippen LogP) is 2.33. The lowest BCUT2D eigenvalue weighted by Crippen LogP contribution is -2.47. The van der Waals surface area contributed by atoms with E-state index in [2.05, 4.69) is 30.0 Å². The molecule has 2 fully saturated rings. The molecule has 2 unspecified atom stereocenters. The van der Waals surface area contributed by atoms with Crippen LogP contribution in [0.25, 0.3) is 0 Å². The molecule has 0 amide bonds. The Hall–Kier alpha value is -1.06. The molecule has 1 saturated carbocycles. The van der Waals surface area contributed by atoms with Crippen LogP contribution >= 0.6 is 0 Å². The number of hydrogen-bond acceptors (Lipinski definition) is 3. The minimum Gasteiger partial charge on any atom is -0.399 e. The number of aryl methyl sites for hydroxylation is 1. The molecular formula is C15H22N2O. The van der Waals surface area contributed by atoms with E-state index >= 15 is 0 Å². The van der Waals surface area contributed by atoms with Gasteiger partial charge in [0.2, 0.25) is 0 Å². The van der Waals surface area contributed by atoms with Crippen LogP contribution < -0.4 is 5.73 Å². The number of anilines is 1. The molecule has 2 N–H and O–H groups in total. The smallest absolute Gasteiger partial charge is 0.0731 e. The van der Waals surface area contributed by atoms with Crippen LogP contribution in [-0.2, 0) is 11.3 Å². The zero-order valence-electron chi connectivity index (χ0n) is 11.1. The summed E-state index contributed by atoms with van der Waals surface area (Å²) in [5.41, 5.74) is 9.39. The Morgan fingerprint density at radius 2 is 2.28 bits per heavy atom. The van der Waals surface area contributed by atoms with Gasteiger partial charge in [-0.1, -0.05) is 12.1 Å². The Labute approximate surface area is 109 Å². The third kappa shape index (κ3) is 2.25. The maximum atomic E-state index is 5.99. The van der Waals surface area contributed by atoms with Gasteiger partial charge in [-0.15, -0.1) is 0 Å². The highest BCUT2D eigenvalue weighted by atomic mass is 16.5. The highest BCUT2D eigenvalue weighted by Gasteiger charge is 2.35. The Morgan fingerprint density at radius 3 is 3.11 bits per heavy atom. The number of morpholine rings is 1. The number of nitrogens with zero attached hydrogens (tertiary/aromatic N) is 1. The lowest BCUT2D eigenvalue weighted by Gasteiger charge is -2.37. The molecule has 0 bridgehead atoms. The van der Waals surface area contributed by atoms with Crippen molar-refractivity contribution >= 4 is 5.69 Å². The van der Waals surface area contributed by atoms with E-state index in [1.807, 2.05) is 0 Å². The van der Waals surface area contributed by atoms with Crippen molar-refractivity contribution in [3.05, 3.63) is 29.3 Å². The standard InChI is InChI=1S/C15H22N2O/c1-11-5-6-12(9-13(11)16)10-17-7-8-18-15-4-2-3-14(15)17/h5-6,9,14-15H,2-4,7-8,10,16H2,1H3. The molecule has 3 heteroatoms. The first kappa shape index (κ1) is 12.0. The molecule has 1 heterocycles. The quantitative estimate of drug-likeness (QED) is 0.814. The van der Waals surface area contributed by atoms with Crippen LogP contribution in [0.3, 0.4) is 0 Å². The van der Waals surface area contributed by atoms with E-state index in [1.54, 1.807) is 0 Å². The molecule has 18 heavy (non-hydrogen) atoms. The van der Waals surface area contributed by atoms with Gasteiger partial charge in [-0.2, -0.15) is 0 Å². The summed E-state index contributed by atoms with van der Waals surface area (Å²) in [4.78, 5) is 2.57. The van der Waals surface area contributed by atoms with E-state index in [0.29, 0.717) is 12.1 Å². The highest BCUT2D eigenvalue weighted by Crippen LogP contribution is 2.30. The van der Waals surface area contributed by atoms with E-state index in [0.717, 1.165) is 25.4 Å². The Balaban J connectivity index is 1.73. The fraction of sp³-hybridized carbons (Fsp3) is 0.600. The summed E-state index contributed by atoms with van der Waals surface area (Å²) in [6, 6.07) is 7.07. The molecule has 3 nitrogen and oxygen atoms in total. The molecule has 2 aliphatic rings. The fourth-order valence-corrected chi connectivity index (χ4v) is 3.22. The van der Waals surface area contributed by atoms with Crippen LogP contribution in [0.1, 0.15) is 30.4 Å². The monoisotopic (exact) mass is 246 g/mol. The van der Waals surface area contributed by atoms with Crippen molar-refractivity contribution in [2.45, 2.75) is 44.9 Å². The fourth-order valence-electron chi connectivity index (χ4n) is 3.22. The summed E-state index contributed by atoms with van der Waals surface area (Å²) < 4.78 is 5.85.